The molecule has 0 saturated heterocycles. The minimum Gasteiger partial charge on any atom is -0.391 e. The van der Waals surface area contributed by atoms with Gasteiger partial charge in [0.05, 0.1) is 17.5 Å². The number of rotatable bonds is 4. The molecule has 0 bridgehead atoms. The number of sulfone groups is 1. The van der Waals surface area contributed by atoms with E-state index in [-0.39, 0.29) is 17.7 Å². The smallest absolute Gasteiger partial charge is 0.391 e. The molecule has 8 heteroatoms. The summed E-state index contributed by atoms with van der Waals surface area (Å²) in [4.78, 5) is 12.8. The maximum absolute atomic E-state index is 11.5. The largest absolute Gasteiger partial charge is 0.416 e. The van der Waals surface area contributed by atoms with Gasteiger partial charge in [0, 0.05) is 26.4 Å². The Kier molecular flexibility index (Phi) is 4.56. The van der Waals surface area contributed by atoms with Crippen molar-refractivity contribution in [3.05, 3.63) is 11.8 Å². The first kappa shape index (κ1) is 15.5. The lowest BCUT2D eigenvalue weighted by Gasteiger charge is -2.13. The number of hydrogen-bond donors (Lipinski definition) is 0. The molecule has 0 unspecified atom stereocenters. The number of nitrogens with zero attached hydrogens (tertiary/aromatic N) is 3. The van der Waals surface area contributed by atoms with E-state index in [1.54, 1.807) is 14.1 Å². The molecule has 0 aromatic carbocycles. The third kappa shape index (κ3) is 4.55. The summed E-state index contributed by atoms with van der Waals surface area (Å²) < 4.78 is 29.2. The van der Waals surface area contributed by atoms with Crippen LogP contribution in [-0.4, -0.2) is 49.5 Å². The molecule has 19 heavy (non-hydrogen) atoms. The van der Waals surface area contributed by atoms with Crippen LogP contribution in [0.1, 0.15) is 25.6 Å². The molecule has 1 heterocycles. The molecular formula is C11H19N3O4S. The highest BCUT2D eigenvalue weighted by molar-refractivity contribution is 7.89. The van der Waals surface area contributed by atoms with Crippen LogP contribution in [0.15, 0.2) is 6.07 Å². The molecule has 0 fully saturated rings. The number of ether oxygens (including phenoxy) is 1. The summed E-state index contributed by atoms with van der Waals surface area (Å²) in [6.45, 7) is 3.73. The van der Waals surface area contributed by atoms with E-state index in [2.05, 4.69) is 5.10 Å². The fourth-order valence-electron chi connectivity index (χ4n) is 1.39. The van der Waals surface area contributed by atoms with Crippen LogP contribution in [0, 0.1) is 0 Å². The van der Waals surface area contributed by atoms with Gasteiger partial charge in [-0.1, -0.05) is 0 Å². The molecule has 1 rings (SSSR count). The molecule has 0 aliphatic rings. The number of amides is 1. The maximum Gasteiger partial charge on any atom is 0.416 e. The molecule has 0 aliphatic carbocycles. The van der Waals surface area contributed by atoms with Crippen molar-refractivity contribution in [1.29, 1.82) is 0 Å². The van der Waals surface area contributed by atoms with Crippen molar-refractivity contribution in [2.45, 2.75) is 25.6 Å². The van der Waals surface area contributed by atoms with Gasteiger partial charge >= 0.3 is 6.09 Å². The summed E-state index contributed by atoms with van der Waals surface area (Å²) in [6, 6.07) is 1.43. The molecule has 1 aromatic heterocycles. The van der Waals surface area contributed by atoms with Crippen molar-refractivity contribution in [2.75, 3.05) is 20.4 Å². The van der Waals surface area contributed by atoms with Crippen LogP contribution in [0.4, 0.5) is 4.79 Å². The first-order valence-corrected chi connectivity index (χ1v) is 7.81. The zero-order chi connectivity index (χ0) is 14.8. The van der Waals surface area contributed by atoms with E-state index in [9.17, 15) is 13.2 Å². The van der Waals surface area contributed by atoms with Crippen LogP contribution < -0.4 is 4.74 Å². The van der Waals surface area contributed by atoms with E-state index >= 15 is 0 Å². The Morgan fingerprint density at radius 2 is 2.05 bits per heavy atom. The monoisotopic (exact) mass is 289 g/mol. The fourth-order valence-corrected chi connectivity index (χ4v) is 2.07. The van der Waals surface area contributed by atoms with Gasteiger partial charge in [-0.05, 0) is 13.8 Å². The van der Waals surface area contributed by atoms with Gasteiger partial charge in [0.25, 0.3) is 0 Å². The van der Waals surface area contributed by atoms with E-state index in [1.165, 1.54) is 15.6 Å². The lowest BCUT2D eigenvalue weighted by atomic mass is 10.4. The van der Waals surface area contributed by atoms with Crippen LogP contribution in [-0.2, 0) is 15.6 Å². The number of carbonyl (C=O) groups is 1. The van der Waals surface area contributed by atoms with Gasteiger partial charge in [-0.3, -0.25) is 0 Å². The van der Waals surface area contributed by atoms with Gasteiger partial charge in [-0.25, -0.2) is 17.9 Å². The van der Waals surface area contributed by atoms with Crippen LogP contribution in [0.5, 0.6) is 5.88 Å². The van der Waals surface area contributed by atoms with Crippen molar-refractivity contribution in [3.8, 4) is 5.88 Å². The summed E-state index contributed by atoms with van der Waals surface area (Å²) in [7, 11) is -0.0472. The molecule has 0 atom stereocenters. The van der Waals surface area contributed by atoms with E-state index in [1.807, 2.05) is 13.8 Å². The second-order valence-electron chi connectivity index (χ2n) is 4.84. The van der Waals surface area contributed by atoms with Gasteiger partial charge in [0.1, 0.15) is 0 Å². The first-order valence-electron chi connectivity index (χ1n) is 5.75. The van der Waals surface area contributed by atoms with Crippen LogP contribution in [0.25, 0.3) is 0 Å². The summed E-state index contributed by atoms with van der Waals surface area (Å²) in [5, 5.41) is 4.15. The van der Waals surface area contributed by atoms with Gasteiger partial charge in [0.2, 0.25) is 5.88 Å². The van der Waals surface area contributed by atoms with E-state index in [4.69, 9.17) is 4.74 Å². The highest BCUT2D eigenvalue weighted by Crippen LogP contribution is 2.20. The highest BCUT2D eigenvalue weighted by atomic mass is 32.2. The average molecular weight is 289 g/mol. The number of carbonyl (C=O) groups excluding carboxylic acids is 1. The molecular weight excluding hydrogens is 270 g/mol. The standard InChI is InChI=1S/C11H19N3O4S/c1-8(2)14-10(18-11(15)13(3)4)6-9(12-14)7-19(5,16)17/h6,8H,7H2,1-5H3. The first-order chi connectivity index (χ1) is 8.60. The lowest BCUT2D eigenvalue weighted by Crippen LogP contribution is -2.26. The number of aromatic nitrogens is 2. The average Bonchev–Trinajstić information content (AvgIpc) is 2.57. The van der Waals surface area contributed by atoms with Gasteiger partial charge in [-0.2, -0.15) is 5.10 Å². The van der Waals surface area contributed by atoms with Crippen LogP contribution in [0.2, 0.25) is 0 Å². The third-order valence-corrected chi connectivity index (χ3v) is 3.03. The molecule has 108 valence electrons. The SMILES string of the molecule is CC(C)n1nc(CS(C)(=O)=O)cc1OC(=O)N(C)C. The topological polar surface area (TPSA) is 81.5 Å². The Morgan fingerprint density at radius 1 is 1.47 bits per heavy atom. The Bertz CT molecular complexity index is 560. The predicted molar refractivity (Wildman–Crippen MR) is 70.9 cm³/mol. The summed E-state index contributed by atoms with van der Waals surface area (Å²) >= 11 is 0. The predicted octanol–water partition coefficient (Wildman–Crippen LogP) is 1.07. The Labute approximate surface area is 113 Å². The molecule has 1 aromatic rings. The van der Waals surface area contributed by atoms with E-state index < -0.39 is 15.9 Å². The molecule has 0 radical (unpaired) electrons. The second-order valence-corrected chi connectivity index (χ2v) is 6.98. The Balaban J connectivity index is 3.05. The zero-order valence-corrected chi connectivity index (χ0v) is 12.6. The molecule has 7 nitrogen and oxygen atoms in total. The summed E-state index contributed by atoms with van der Waals surface area (Å²) in [6.07, 6.45) is 0.597. The van der Waals surface area contributed by atoms with Crippen LogP contribution >= 0.6 is 0 Å². The molecule has 1 amide bonds. The lowest BCUT2D eigenvalue weighted by molar-refractivity contribution is 0.166. The quantitative estimate of drug-likeness (QED) is 0.828. The van der Waals surface area contributed by atoms with E-state index in [0.717, 1.165) is 6.26 Å². The minimum absolute atomic E-state index is 0.0433. The van der Waals surface area contributed by atoms with Crippen molar-refractivity contribution >= 4 is 15.9 Å². The Hall–Kier alpha value is -1.57. The fraction of sp³-hybridized carbons (Fsp3) is 0.636. The molecule has 0 N–H and O–H groups in total. The molecule has 0 saturated carbocycles. The van der Waals surface area contributed by atoms with Crippen molar-refractivity contribution in [2.24, 2.45) is 0 Å². The molecule has 0 aliphatic heterocycles. The molecule has 0 spiro atoms. The van der Waals surface area contributed by atoms with Gasteiger partial charge in [-0.15, -0.1) is 0 Å². The third-order valence-electron chi connectivity index (χ3n) is 2.21. The summed E-state index contributed by atoms with van der Waals surface area (Å²) in [5.74, 6) is 0.0616. The van der Waals surface area contributed by atoms with Crippen molar-refractivity contribution < 1.29 is 17.9 Å². The van der Waals surface area contributed by atoms with Crippen LogP contribution in [0.3, 0.4) is 0 Å². The minimum atomic E-state index is -3.18. The van der Waals surface area contributed by atoms with E-state index in [0.29, 0.717) is 5.69 Å². The van der Waals surface area contributed by atoms with Crippen molar-refractivity contribution in [3.63, 3.8) is 0 Å². The zero-order valence-electron chi connectivity index (χ0n) is 11.7. The second kappa shape index (κ2) is 5.60. The summed E-state index contributed by atoms with van der Waals surface area (Å²) in [5.41, 5.74) is 0.359. The highest BCUT2D eigenvalue weighted by Gasteiger charge is 2.18. The Morgan fingerprint density at radius 3 is 2.47 bits per heavy atom. The van der Waals surface area contributed by atoms with Gasteiger partial charge in [0.15, 0.2) is 9.84 Å². The van der Waals surface area contributed by atoms with Crippen molar-refractivity contribution in [1.82, 2.24) is 14.7 Å². The van der Waals surface area contributed by atoms with Gasteiger partial charge < -0.3 is 9.64 Å². The normalized spacial score (nSPS) is 11.7. The number of hydrogen-bond acceptors (Lipinski definition) is 5. The maximum atomic E-state index is 11.5.